The number of aryl methyl sites for hydroxylation is 1. The molecule has 0 fully saturated rings. The standard InChI is InChI=1S/C14H16ClN3O2/c1-3-18-9-10(8-17-18)7-16-13-6-11(15)4-5-12(13)14(19)20-2/h4-6,8-9,16H,3,7H2,1-2H3. The fraction of sp³-hybridized carbons (Fsp3) is 0.286. The second-order valence-electron chi connectivity index (χ2n) is 4.24. The van der Waals surface area contributed by atoms with Crippen LogP contribution in [0, 0.1) is 0 Å². The third-order valence-corrected chi connectivity index (χ3v) is 3.12. The highest BCUT2D eigenvalue weighted by Gasteiger charge is 2.12. The average molecular weight is 294 g/mol. The minimum atomic E-state index is -0.395. The smallest absolute Gasteiger partial charge is 0.339 e. The molecule has 2 rings (SSSR count). The molecule has 0 aliphatic carbocycles. The second-order valence-corrected chi connectivity index (χ2v) is 4.68. The van der Waals surface area contributed by atoms with E-state index in [0.717, 1.165) is 12.1 Å². The Morgan fingerprint density at radius 2 is 2.30 bits per heavy atom. The molecule has 0 spiro atoms. The van der Waals surface area contributed by atoms with Crippen molar-refractivity contribution in [1.29, 1.82) is 0 Å². The molecule has 0 atom stereocenters. The largest absolute Gasteiger partial charge is 0.465 e. The number of benzene rings is 1. The fourth-order valence-electron chi connectivity index (χ4n) is 1.82. The summed E-state index contributed by atoms with van der Waals surface area (Å²) in [5.74, 6) is -0.395. The molecule has 5 nitrogen and oxygen atoms in total. The van der Waals surface area contributed by atoms with Gasteiger partial charge in [0, 0.05) is 29.9 Å². The molecule has 1 heterocycles. The van der Waals surface area contributed by atoms with Gasteiger partial charge in [-0.3, -0.25) is 4.68 Å². The lowest BCUT2D eigenvalue weighted by atomic mass is 10.1. The molecule has 0 unspecified atom stereocenters. The molecule has 20 heavy (non-hydrogen) atoms. The van der Waals surface area contributed by atoms with Gasteiger partial charge in [-0.05, 0) is 25.1 Å². The average Bonchev–Trinajstić information content (AvgIpc) is 2.92. The second kappa shape index (κ2) is 6.43. The van der Waals surface area contributed by atoms with Gasteiger partial charge in [-0.25, -0.2) is 4.79 Å². The van der Waals surface area contributed by atoms with Crippen LogP contribution >= 0.6 is 11.6 Å². The number of esters is 1. The first-order chi connectivity index (χ1) is 9.63. The van der Waals surface area contributed by atoms with E-state index in [1.165, 1.54) is 7.11 Å². The maximum Gasteiger partial charge on any atom is 0.339 e. The van der Waals surface area contributed by atoms with E-state index in [1.54, 1.807) is 24.4 Å². The van der Waals surface area contributed by atoms with Crippen LogP contribution in [0.2, 0.25) is 5.02 Å². The number of hydrogen-bond donors (Lipinski definition) is 1. The van der Waals surface area contributed by atoms with Gasteiger partial charge < -0.3 is 10.1 Å². The summed E-state index contributed by atoms with van der Waals surface area (Å²) in [4.78, 5) is 11.7. The SMILES string of the molecule is CCn1cc(CNc2cc(Cl)ccc2C(=O)OC)cn1. The van der Waals surface area contributed by atoms with Crippen molar-refractivity contribution in [3.63, 3.8) is 0 Å². The maximum absolute atomic E-state index is 11.7. The molecule has 1 N–H and O–H groups in total. The summed E-state index contributed by atoms with van der Waals surface area (Å²) in [6.07, 6.45) is 3.74. The van der Waals surface area contributed by atoms with Gasteiger partial charge in [0.15, 0.2) is 0 Å². The van der Waals surface area contributed by atoms with E-state index >= 15 is 0 Å². The summed E-state index contributed by atoms with van der Waals surface area (Å²) in [5, 5.41) is 7.94. The lowest BCUT2D eigenvalue weighted by molar-refractivity contribution is 0.0602. The molecule has 0 aliphatic heterocycles. The van der Waals surface area contributed by atoms with Crippen molar-refractivity contribution < 1.29 is 9.53 Å². The number of rotatable bonds is 5. The third-order valence-electron chi connectivity index (χ3n) is 2.88. The first-order valence-corrected chi connectivity index (χ1v) is 6.65. The Hall–Kier alpha value is -2.01. The molecule has 0 radical (unpaired) electrons. The van der Waals surface area contributed by atoms with E-state index in [9.17, 15) is 4.79 Å². The molecular formula is C14H16ClN3O2. The van der Waals surface area contributed by atoms with E-state index in [-0.39, 0.29) is 0 Å². The zero-order chi connectivity index (χ0) is 14.5. The van der Waals surface area contributed by atoms with Crippen LogP contribution < -0.4 is 5.32 Å². The number of aromatic nitrogens is 2. The van der Waals surface area contributed by atoms with Gasteiger partial charge in [0.2, 0.25) is 0 Å². The highest BCUT2D eigenvalue weighted by Crippen LogP contribution is 2.22. The Balaban J connectivity index is 2.15. The lowest BCUT2D eigenvalue weighted by Gasteiger charge is -2.10. The van der Waals surface area contributed by atoms with E-state index in [0.29, 0.717) is 22.8 Å². The van der Waals surface area contributed by atoms with Crippen molar-refractivity contribution in [2.24, 2.45) is 0 Å². The molecule has 0 saturated heterocycles. The van der Waals surface area contributed by atoms with E-state index in [2.05, 4.69) is 10.4 Å². The van der Waals surface area contributed by atoms with Gasteiger partial charge >= 0.3 is 5.97 Å². The number of nitrogens with one attached hydrogen (secondary N) is 1. The molecule has 0 bridgehead atoms. The zero-order valence-electron chi connectivity index (χ0n) is 11.4. The van der Waals surface area contributed by atoms with Crippen molar-refractivity contribution in [1.82, 2.24) is 9.78 Å². The molecule has 1 aromatic carbocycles. The van der Waals surface area contributed by atoms with Crippen LogP contribution in [0.5, 0.6) is 0 Å². The monoisotopic (exact) mass is 293 g/mol. The number of hydrogen-bond acceptors (Lipinski definition) is 4. The summed E-state index contributed by atoms with van der Waals surface area (Å²) >= 11 is 5.96. The summed E-state index contributed by atoms with van der Waals surface area (Å²) in [5.41, 5.74) is 2.14. The van der Waals surface area contributed by atoms with Crippen molar-refractivity contribution in [3.8, 4) is 0 Å². The molecular weight excluding hydrogens is 278 g/mol. The maximum atomic E-state index is 11.7. The number of halogens is 1. The summed E-state index contributed by atoms with van der Waals surface area (Å²) < 4.78 is 6.60. The van der Waals surface area contributed by atoms with Gasteiger partial charge in [0.05, 0.1) is 24.6 Å². The fourth-order valence-corrected chi connectivity index (χ4v) is 1.99. The normalized spacial score (nSPS) is 10.3. The highest BCUT2D eigenvalue weighted by atomic mass is 35.5. The number of nitrogens with zero attached hydrogens (tertiary/aromatic N) is 2. The van der Waals surface area contributed by atoms with Crippen LogP contribution in [0.4, 0.5) is 5.69 Å². The van der Waals surface area contributed by atoms with Crippen LogP contribution in [0.3, 0.4) is 0 Å². The quantitative estimate of drug-likeness (QED) is 0.861. The van der Waals surface area contributed by atoms with Crippen LogP contribution in [0.15, 0.2) is 30.6 Å². The Morgan fingerprint density at radius 3 is 2.95 bits per heavy atom. The first kappa shape index (κ1) is 14.4. The van der Waals surface area contributed by atoms with Crippen LogP contribution in [0.25, 0.3) is 0 Å². The lowest BCUT2D eigenvalue weighted by Crippen LogP contribution is -2.08. The van der Waals surface area contributed by atoms with E-state index in [4.69, 9.17) is 16.3 Å². The topological polar surface area (TPSA) is 56.2 Å². The minimum Gasteiger partial charge on any atom is -0.465 e. The van der Waals surface area contributed by atoms with Gasteiger partial charge in [-0.15, -0.1) is 0 Å². The molecule has 0 aliphatic rings. The molecule has 6 heteroatoms. The molecule has 1 aromatic heterocycles. The Kier molecular flexibility index (Phi) is 4.63. The van der Waals surface area contributed by atoms with Crippen molar-refractivity contribution >= 4 is 23.3 Å². The Labute approximate surface area is 122 Å². The number of methoxy groups -OCH3 is 1. The molecule has 0 amide bonds. The Bertz CT molecular complexity index is 610. The number of ether oxygens (including phenoxy) is 1. The van der Waals surface area contributed by atoms with Crippen molar-refractivity contribution in [3.05, 3.63) is 46.7 Å². The Morgan fingerprint density at radius 1 is 1.50 bits per heavy atom. The summed E-state index contributed by atoms with van der Waals surface area (Å²) in [6, 6.07) is 5.01. The predicted molar refractivity (Wildman–Crippen MR) is 78.0 cm³/mol. The van der Waals surface area contributed by atoms with Crippen LogP contribution in [-0.2, 0) is 17.8 Å². The van der Waals surface area contributed by atoms with Crippen molar-refractivity contribution in [2.75, 3.05) is 12.4 Å². The summed E-state index contributed by atoms with van der Waals surface area (Å²) in [7, 11) is 1.35. The molecule has 106 valence electrons. The van der Waals surface area contributed by atoms with E-state index < -0.39 is 5.97 Å². The van der Waals surface area contributed by atoms with Crippen molar-refractivity contribution in [2.45, 2.75) is 20.0 Å². The molecule has 0 saturated carbocycles. The van der Waals surface area contributed by atoms with Gasteiger partial charge in [0.1, 0.15) is 0 Å². The van der Waals surface area contributed by atoms with Gasteiger partial charge in [-0.1, -0.05) is 11.6 Å². The minimum absolute atomic E-state index is 0.395. The number of anilines is 1. The van der Waals surface area contributed by atoms with E-state index in [1.807, 2.05) is 17.8 Å². The third kappa shape index (κ3) is 3.30. The molecule has 2 aromatic rings. The predicted octanol–water partition coefficient (Wildman–Crippen LogP) is 2.96. The van der Waals surface area contributed by atoms with Crippen LogP contribution in [-0.4, -0.2) is 22.9 Å². The zero-order valence-corrected chi connectivity index (χ0v) is 12.1. The highest BCUT2D eigenvalue weighted by molar-refractivity contribution is 6.31. The van der Waals surface area contributed by atoms with Gasteiger partial charge in [-0.2, -0.15) is 5.10 Å². The van der Waals surface area contributed by atoms with Crippen LogP contribution in [0.1, 0.15) is 22.8 Å². The number of carbonyl (C=O) groups is 1. The first-order valence-electron chi connectivity index (χ1n) is 6.27. The summed E-state index contributed by atoms with van der Waals surface area (Å²) in [6.45, 7) is 3.41. The van der Waals surface area contributed by atoms with Gasteiger partial charge in [0.25, 0.3) is 0 Å². The number of carbonyl (C=O) groups excluding carboxylic acids is 1.